The molecule has 0 aliphatic rings. The highest BCUT2D eigenvalue weighted by Gasteiger charge is 2.11. The number of hydrogen-bond donors (Lipinski definition) is 1. The number of nitrogens with zero attached hydrogens (tertiary/aromatic N) is 1. The first-order chi connectivity index (χ1) is 10.1. The lowest BCUT2D eigenvalue weighted by Crippen LogP contribution is -2.27. The number of benzene rings is 2. The number of aryl methyl sites for hydroxylation is 1. The van der Waals surface area contributed by atoms with Gasteiger partial charge in [-0.05, 0) is 36.8 Å². The molecule has 110 valence electrons. The number of nitrogens with two attached hydrogens (primary N) is 1. The maximum Gasteiger partial charge on any atom is 0.230 e. The first kappa shape index (κ1) is 14.9. The van der Waals surface area contributed by atoms with Gasteiger partial charge in [0, 0.05) is 24.5 Å². The van der Waals surface area contributed by atoms with Gasteiger partial charge in [0.15, 0.2) is 0 Å². The third kappa shape index (κ3) is 4.24. The molecule has 0 unspecified atom stereocenters. The van der Waals surface area contributed by atoms with E-state index in [0.717, 1.165) is 11.3 Å². The highest BCUT2D eigenvalue weighted by atomic mass is 16.5. The first-order valence-corrected chi connectivity index (χ1v) is 6.88. The number of anilines is 2. The van der Waals surface area contributed by atoms with Crippen LogP contribution in [0.15, 0.2) is 48.5 Å². The predicted molar refractivity (Wildman–Crippen MR) is 85.6 cm³/mol. The van der Waals surface area contributed by atoms with Crippen LogP contribution in [0.2, 0.25) is 0 Å². The number of hydrogen-bond acceptors (Lipinski definition) is 3. The van der Waals surface area contributed by atoms with Gasteiger partial charge >= 0.3 is 0 Å². The SMILES string of the molecule is Cc1cccc(N(C)C(=O)CCOc2cccc(N)c2)c1. The highest BCUT2D eigenvalue weighted by Crippen LogP contribution is 2.17. The number of ether oxygens (including phenoxy) is 1. The summed E-state index contributed by atoms with van der Waals surface area (Å²) < 4.78 is 5.54. The number of nitrogen functional groups attached to an aromatic ring is 1. The van der Waals surface area contributed by atoms with E-state index in [1.165, 1.54) is 0 Å². The molecule has 4 nitrogen and oxygen atoms in total. The number of amides is 1. The first-order valence-electron chi connectivity index (χ1n) is 6.88. The molecule has 2 aromatic rings. The van der Waals surface area contributed by atoms with Gasteiger partial charge in [0.05, 0.1) is 13.0 Å². The molecular weight excluding hydrogens is 264 g/mol. The molecule has 0 aromatic heterocycles. The minimum atomic E-state index is 0.0181. The van der Waals surface area contributed by atoms with Crippen LogP contribution in [0.3, 0.4) is 0 Å². The Bertz CT molecular complexity index is 626. The Balaban J connectivity index is 1.87. The van der Waals surface area contributed by atoms with Crippen LogP contribution in [-0.4, -0.2) is 19.6 Å². The number of carbonyl (C=O) groups is 1. The molecule has 1 amide bonds. The van der Waals surface area contributed by atoms with Crippen molar-refractivity contribution in [2.24, 2.45) is 0 Å². The van der Waals surface area contributed by atoms with Gasteiger partial charge in [-0.15, -0.1) is 0 Å². The summed E-state index contributed by atoms with van der Waals surface area (Å²) in [7, 11) is 1.78. The fourth-order valence-corrected chi connectivity index (χ4v) is 2.01. The predicted octanol–water partition coefficient (Wildman–Crippen LogP) is 3.01. The molecule has 2 aromatic carbocycles. The molecule has 0 saturated carbocycles. The molecule has 0 aliphatic heterocycles. The average Bonchev–Trinajstić information content (AvgIpc) is 2.46. The second-order valence-corrected chi connectivity index (χ2v) is 4.96. The van der Waals surface area contributed by atoms with Crippen molar-refractivity contribution >= 4 is 17.3 Å². The summed E-state index contributed by atoms with van der Waals surface area (Å²) in [5.41, 5.74) is 8.34. The quantitative estimate of drug-likeness (QED) is 0.859. The molecule has 21 heavy (non-hydrogen) atoms. The number of carbonyl (C=O) groups excluding carboxylic acids is 1. The summed E-state index contributed by atoms with van der Waals surface area (Å²) in [6.07, 6.45) is 0.319. The van der Waals surface area contributed by atoms with Crippen LogP contribution in [0.4, 0.5) is 11.4 Å². The van der Waals surface area contributed by atoms with Gasteiger partial charge in [-0.3, -0.25) is 4.79 Å². The minimum absolute atomic E-state index is 0.0181. The maximum absolute atomic E-state index is 12.1. The van der Waals surface area contributed by atoms with Crippen molar-refractivity contribution < 1.29 is 9.53 Å². The number of rotatable bonds is 5. The topological polar surface area (TPSA) is 55.6 Å². The Hall–Kier alpha value is -2.49. The molecule has 4 heteroatoms. The van der Waals surface area contributed by atoms with E-state index in [9.17, 15) is 4.79 Å². The van der Waals surface area contributed by atoms with Crippen LogP contribution in [0.1, 0.15) is 12.0 Å². The Morgan fingerprint density at radius 3 is 2.67 bits per heavy atom. The van der Waals surface area contributed by atoms with Gasteiger partial charge in [0.1, 0.15) is 5.75 Å². The van der Waals surface area contributed by atoms with E-state index in [2.05, 4.69) is 0 Å². The zero-order valence-electron chi connectivity index (χ0n) is 12.4. The van der Waals surface area contributed by atoms with Gasteiger partial charge < -0.3 is 15.4 Å². The van der Waals surface area contributed by atoms with E-state index < -0.39 is 0 Å². The molecule has 0 saturated heterocycles. The van der Waals surface area contributed by atoms with Crippen LogP contribution in [0, 0.1) is 6.92 Å². The normalized spacial score (nSPS) is 10.2. The molecule has 0 heterocycles. The highest BCUT2D eigenvalue weighted by molar-refractivity contribution is 5.92. The molecular formula is C17H20N2O2. The summed E-state index contributed by atoms with van der Waals surface area (Å²) >= 11 is 0. The summed E-state index contributed by atoms with van der Waals surface area (Å²) in [5, 5.41) is 0. The maximum atomic E-state index is 12.1. The Morgan fingerprint density at radius 2 is 1.95 bits per heavy atom. The van der Waals surface area contributed by atoms with Crippen molar-refractivity contribution in [1.82, 2.24) is 0 Å². The Labute approximate surface area is 125 Å². The zero-order chi connectivity index (χ0) is 15.2. The monoisotopic (exact) mass is 284 g/mol. The molecule has 0 aliphatic carbocycles. The summed E-state index contributed by atoms with van der Waals surface area (Å²) in [4.78, 5) is 13.8. The van der Waals surface area contributed by atoms with Crippen molar-refractivity contribution in [3.05, 3.63) is 54.1 Å². The third-order valence-corrected chi connectivity index (χ3v) is 3.21. The largest absolute Gasteiger partial charge is 0.493 e. The van der Waals surface area contributed by atoms with E-state index >= 15 is 0 Å². The van der Waals surface area contributed by atoms with Crippen LogP contribution in [0.25, 0.3) is 0 Å². The molecule has 2 N–H and O–H groups in total. The van der Waals surface area contributed by atoms with Gasteiger partial charge in [0.25, 0.3) is 0 Å². The van der Waals surface area contributed by atoms with Crippen LogP contribution < -0.4 is 15.4 Å². The Morgan fingerprint density at radius 1 is 1.19 bits per heavy atom. The molecule has 0 bridgehead atoms. The third-order valence-electron chi connectivity index (χ3n) is 3.21. The Kier molecular flexibility index (Phi) is 4.82. The fraction of sp³-hybridized carbons (Fsp3) is 0.235. The smallest absolute Gasteiger partial charge is 0.230 e. The van der Waals surface area contributed by atoms with Crippen molar-refractivity contribution in [3.63, 3.8) is 0 Å². The fourth-order valence-electron chi connectivity index (χ4n) is 2.01. The lowest BCUT2D eigenvalue weighted by atomic mass is 10.2. The van der Waals surface area contributed by atoms with Crippen molar-refractivity contribution in [2.45, 2.75) is 13.3 Å². The van der Waals surface area contributed by atoms with Gasteiger partial charge in [-0.25, -0.2) is 0 Å². The lowest BCUT2D eigenvalue weighted by molar-refractivity contribution is -0.118. The van der Waals surface area contributed by atoms with Crippen molar-refractivity contribution in [1.29, 1.82) is 0 Å². The van der Waals surface area contributed by atoms with Gasteiger partial charge in [-0.2, -0.15) is 0 Å². The summed E-state index contributed by atoms with van der Waals surface area (Å²) in [5.74, 6) is 0.700. The van der Waals surface area contributed by atoms with Crippen LogP contribution in [0.5, 0.6) is 5.75 Å². The van der Waals surface area contributed by atoms with E-state index in [1.54, 1.807) is 24.1 Å². The van der Waals surface area contributed by atoms with Crippen LogP contribution >= 0.6 is 0 Å². The van der Waals surface area contributed by atoms with E-state index in [4.69, 9.17) is 10.5 Å². The van der Waals surface area contributed by atoms with Crippen molar-refractivity contribution in [2.75, 3.05) is 24.3 Å². The van der Waals surface area contributed by atoms with E-state index in [-0.39, 0.29) is 5.91 Å². The summed E-state index contributed by atoms with van der Waals surface area (Å²) in [6, 6.07) is 15.0. The molecule has 0 radical (unpaired) electrons. The lowest BCUT2D eigenvalue weighted by Gasteiger charge is -2.18. The second-order valence-electron chi connectivity index (χ2n) is 4.96. The van der Waals surface area contributed by atoms with Gasteiger partial charge in [0.2, 0.25) is 5.91 Å². The summed E-state index contributed by atoms with van der Waals surface area (Å²) in [6.45, 7) is 2.34. The van der Waals surface area contributed by atoms with E-state index in [0.29, 0.717) is 24.5 Å². The minimum Gasteiger partial charge on any atom is -0.493 e. The zero-order valence-corrected chi connectivity index (χ0v) is 12.4. The second kappa shape index (κ2) is 6.79. The average molecular weight is 284 g/mol. The van der Waals surface area contributed by atoms with E-state index in [1.807, 2.05) is 43.3 Å². The molecule has 0 atom stereocenters. The van der Waals surface area contributed by atoms with Crippen molar-refractivity contribution in [3.8, 4) is 5.75 Å². The molecule has 0 fully saturated rings. The standard InChI is InChI=1S/C17H20N2O2/c1-13-5-3-7-15(11-13)19(2)17(20)9-10-21-16-8-4-6-14(18)12-16/h3-8,11-12H,9-10,18H2,1-2H3. The van der Waals surface area contributed by atoms with Crippen LogP contribution in [-0.2, 0) is 4.79 Å². The van der Waals surface area contributed by atoms with Gasteiger partial charge in [-0.1, -0.05) is 18.2 Å². The molecule has 2 rings (SSSR count). The molecule has 0 spiro atoms.